The van der Waals surface area contributed by atoms with Gasteiger partial charge >= 0.3 is 0 Å². The Balaban J connectivity index is 1.41. The summed E-state index contributed by atoms with van der Waals surface area (Å²) in [4.78, 5) is 5.12. The number of rotatable bonds is 6. The lowest BCUT2D eigenvalue weighted by Crippen LogP contribution is -2.46. The van der Waals surface area contributed by atoms with Crippen molar-refractivity contribution >= 4 is 0 Å². The van der Waals surface area contributed by atoms with Gasteiger partial charge in [0, 0.05) is 39.3 Å². The minimum Gasteiger partial charge on any atom is -0.497 e. The second kappa shape index (κ2) is 8.14. The molecule has 1 aliphatic heterocycles. The van der Waals surface area contributed by atoms with Gasteiger partial charge in [0.2, 0.25) is 0 Å². The predicted octanol–water partition coefficient (Wildman–Crippen LogP) is 3.06. The molecule has 23 heavy (non-hydrogen) atoms. The number of ether oxygens (including phenoxy) is 1. The molecule has 3 heteroatoms. The number of benzene rings is 2. The first-order valence-electron chi connectivity index (χ1n) is 8.45. The fraction of sp³-hybridized carbons (Fsp3) is 0.400. The molecular weight excluding hydrogens is 284 g/mol. The molecule has 3 nitrogen and oxygen atoms in total. The van der Waals surface area contributed by atoms with Gasteiger partial charge in [0.25, 0.3) is 0 Å². The Bertz CT molecular complexity index is 574. The second-order valence-corrected chi connectivity index (χ2v) is 6.20. The molecule has 122 valence electrons. The van der Waals surface area contributed by atoms with Crippen LogP contribution in [0.25, 0.3) is 0 Å². The third kappa shape index (κ3) is 4.81. The Kier molecular flexibility index (Phi) is 5.67. The summed E-state index contributed by atoms with van der Waals surface area (Å²) in [5.41, 5.74) is 2.80. The van der Waals surface area contributed by atoms with Crippen LogP contribution in [-0.2, 0) is 13.0 Å². The van der Waals surface area contributed by atoms with E-state index in [0.717, 1.165) is 31.8 Å². The topological polar surface area (TPSA) is 15.7 Å². The van der Waals surface area contributed by atoms with Gasteiger partial charge in [0.1, 0.15) is 5.75 Å². The van der Waals surface area contributed by atoms with Crippen LogP contribution in [-0.4, -0.2) is 49.6 Å². The maximum atomic E-state index is 5.22. The Morgan fingerprint density at radius 1 is 0.783 bits per heavy atom. The first kappa shape index (κ1) is 16.0. The zero-order chi connectivity index (χ0) is 15.9. The fourth-order valence-corrected chi connectivity index (χ4v) is 3.09. The van der Waals surface area contributed by atoms with E-state index in [2.05, 4.69) is 52.3 Å². The lowest BCUT2D eigenvalue weighted by atomic mass is 10.1. The zero-order valence-electron chi connectivity index (χ0n) is 13.9. The molecule has 3 rings (SSSR count). The molecule has 0 bridgehead atoms. The van der Waals surface area contributed by atoms with Gasteiger partial charge in [0.15, 0.2) is 0 Å². The molecule has 2 aromatic rings. The van der Waals surface area contributed by atoms with Crippen molar-refractivity contribution in [3.8, 4) is 5.75 Å². The average molecular weight is 310 g/mol. The first-order valence-corrected chi connectivity index (χ1v) is 8.45. The molecule has 0 unspecified atom stereocenters. The van der Waals surface area contributed by atoms with Crippen molar-refractivity contribution < 1.29 is 4.74 Å². The quantitative estimate of drug-likeness (QED) is 0.815. The van der Waals surface area contributed by atoms with Crippen LogP contribution in [0.15, 0.2) is 54.6 Å². The number of hydrogen-bond acceptors (Lipinski definition) is 3. The maximum absolute atomic E-state index is 5.22. The number of piperazine rings is 1. The third-order valence-corrected chi connectivity index (χ3v) is 4.59. The molecule has 0 atom stereocenters. The summed E-state index contributed by atoms with van der Waals surface area (Å²) in [7, 11) is 1.71. The van der Waals surface area contributed by atoms with E-state index in [1.807, 2.05) is 12.1 Å². The van der Waals surface area contributed by atoms with Crippen molar-refractivity contribution in [3.05, 3.63) is 65.7 Å². The van der Waals surface area contributed by atoms with Gasteiger partial charge in [-0.15, -0.1) is 0 Å². The standard InChI is InChI=1S/C20H26N2O/c1-23-20-9-7-19(8-10-20)17-22-15-13-21(14-16-22)12-11-18-5-3-2-4-6-18/h2-10H,11-17H2,1H3. The van der Waals surface area contributed by atoms with E-state index in [1.165, 1.54) is 30.8 Å². The normalized spacial score (nSPS) is 16.4. The van der Waals surface area contributed by atoms with Gasteiger partial charge in [-0.3, -0.25) is 4.90 Å². The lowest BCUT2D eigenvalue weighted by Gasteiger charge is -2.34. The van der Waals surface area contributed by atoms with Crippen molar-refractivity contribution in [1.29, 1.82) is 0 Å². The number of nitrogens with zero attached hydrogens (tertiary/aromatic N) is 2. The van der Waals surface area contributed by atoms with E-state index in [9.17, 15) is 0 Å². The first-order chi connectivity index (χ1) is 11.3. The monoisotopic (exact) mass is 310 g/mol. The predicted molar refractivity (Wildman–Crippen MR) is 94.9 cm³/mol. The minimum absolute atomic E-state index is 0.930. The molecule has 1 heterocycles. The summed E-state index contributed by atoms with van der Waals surface area (Å²) in [5.74, 6) is 0.930. The van der Waals surface area contributed by atoms with Crippen molar-refractivity contribution in [2.75, 3.05) is 39.8 Å². The molecule has 0 aromatic heterocycles. The summed E-state index contributed by atoms with van der Waals surface area (Å²) < 4.78 is 5.22. The van der Waals surface area contributed by atoms with Crippen LogP contribution in [0.1, 0.15) is 11.1 Å². The van der Waals surface area contributed by atoms with E-state index in [4.69, 9.17) is 4.74 Å². The highest BCUT2D eigenvalue weighted by Gasteiger charge is 2.16. The van der Waals surface area contributed by atoms with Crippen LogP contribution < -0.4 is 4.74 Å². The molecule has 0 radical (unpaired) electrons. The average Bonchev–Trinajstić information content (AvgIpc) is 2.63. The summed E-state index contributed by atoms with van der Waals surface area (Å²) in [5, 5.41) is 0. The van der Waals surface area contributed by atoms with E-state index in [-0.39, 0.29) is 0 Å². The SMILES string of the molecule is COc1ccc(CN2CCN(CCc3ccccc3)CC2)cc1. The van der Waals surface area contributed by atoms with Crippen LogP contribution in [0.3, 0.4) is 0 Å². The highest BCUT2D eigenvalue weighted by Crippen LogP contribution is 2.14. The minimum atomic E-state index is 0.930. The van der Waals surface area contributed by atoms with Crippen LogP contribution in [0.5, 0.6) is 5.75 Å². The molecule has 1 aliphatic rings. The lowest BCUT2D eigenvalue weighted by molar-refractivity contribution is 0.128. The Morgan fingerprint density at radius 2 is 1.43 bits per heavy atom. The van der Waals surface area contributed by atoms with Crippen LogP contribution in [0, 0.1) is 0 Å². The van der Waals surface area contributed by atoms with Crippen molar-refractivity contribution in [1.82, 2.24) is 9.80 Å². The molecular formula is C20H26N2O. The largest absolute Gasteiger partial charge is 0.497 e. The van der Waals surface area contributed by atoms with Crippen LogP contribution >= 0.6 is 0 Å². The van der Waals surface area contributed by atoms with E-state index >= 15 is 0 Å². The van der Waals surface area contributed by atoms with E-state index in [0.29, 0.717) is 0 Å². The van der Waals surface area contributed by atoms with E-state index in [1.54, 1.807) is 7.11 Å². The van der Waals surface area contributed by atoms with Gasteiger partial charge in [-0.05, 0) is 29.7 Å². The molecule has 2 aromatic carbocycles. The smallest absolute Gasteiger partial charge is 0.118 e. The third-order valence-electron chi connectivity index (χ3n) is 4.59. The zero-order valence-corrected chi connectivity index (χ0v) is 13.9. The highest BCUT2D eigenvalue weighted by atomic mass is 16.5. The van der Waals surface area contributed by atoms with Crippen molar-refractivity contribution in [2.24, 2.45) is 0 Å². The molecule has 1 fully saturated rings. The van der Waals surface area contributed by atoms with Gasteiger partial charge in [-0.2, -0.15) is 0 Å². The van der Waals surface area contributed by atoms with Crippen LogP contribution in [0.4, 0.5) is 0 Å². The van der Waals surface area contributed by atoms with Gasteiger partial charge in [0.05, 0.1) is 7.11 Å². The molecule has 0 N–H and O–H groups in total. The Morgan fingerprint density at radius 3 is 2.09 bits per heavy atom. The molecule has 0 spiro atoms. The fourth-order valence-electron chi connectivity index (χ4n) is 3.09. The highest BCUT2D eigenvalue weighted by molar-refractivity contribution is 5.27. The van der Waals surface area contributed by atoms with Gasteiger partial charge in [-0.1, -0.05) is 42.5 Å². The maximum Gasteiger partial charge on any atom is 0.118 e. The Labute approximate surface area is 139 Å². The summed E-state index contributed by atoms with van der Waals surface area (Å²) >= 11 is 0. The summed E-state index contributed by atoms with van der Waals surface area (Å²) in [6.45, 7) is 6.85. The van der Waals surface area contributed by atoms with Crippen molar-refractivity contribution in [3.63, 3.8) is 0 Å². The number of hydrogen-bond donors (Lipinski definition) is 0. The van der Waals surface area contributed by atoms with Crippen LogP contribution in [0.2, 0.25) is 0 Å². The van der Waals surface area contributed by atoms with Crippen molar-refractivity contribution in [2.45, 2.75) is 13.0 Å². The molecule has 0 aliphatic carbocycles. The summed E-state index contributed by atoms with van der Waals surface area (Å²) in [6.07, 6.45) is 1.15. The Hall–Kier alpha value is -1.84. The van der Waals surface area contributed by atoms with Gasteiger partial charge < -0.3 is 9.64 Å². The van der Waals surface area contributed by atoms with E-state index < -0.39 is 0 Å². The second-order valence-electron chi connectivity index (χ2n) is 6.20. The molecule has 0 amide bonds. The summed E-state index contributed by atoms with van der Waals surface area (Å²) in [6, 6.07) is 19.2. The molecule has 0 saturated carbocycles. The molecule has 1 saturated heterocycles. The number of methoxy groups -OCH3 is 1. The van der Waals surface area contributed by atoms with Gasteiger partial charge in [-0.25, -0.2) is 0 Å².